The number of amides is 1. The first-order valence-corrected chi connectivity index (χ1v) is 33.9. The van der Waals surface area contributed by atoms with E-state index in [9.17, 15) is 19.8 Å². The van der Waals surface area contributed by atoms with Gasteiger partial charge in [0, 0.05) is 12.8 Å². The van der Waals surface area contributed by atoms with Gasteiger partial charge in [-0.1, -0.05) is 334 Å². The van der Waals surface area contributed by atoms with Gasteiger partial charge < -0.3 is 20.3 Å². The zero-order valence-corrected chi connectivity index (χ0v) is 50.4. The predicted molar refractivity (Wildman–Crippen MR) is 324 cm³/mol. The van der Waals surface area contributed by atoms with E-state index < -0.39 is 12.1 Å². The summed E-state index contributed by atoms with van der Waals surface area (Å²) in [7, 11) is 0. The molecule has 0 aliphatic carbocycles. The van der Waals surface area contributed by atoms with Crippen molar-refractivity contribution in [3.63, 3.8) is 0 Å². The van der Waals surface area contributed by atoms with Crippen molar-refractivity contribution in [2.45, 2.75) is 398 Å². The quantitative estimate of drug-likeness (QED) is 0.0320. The van der Waals surface area contributed by atoms with Crippen molar-refractivity contribution < 1.29 is 24.5 Å². The van der Waals surface area contributed by atoms with Crippen molar-refractivity contribution in [1.29, 1.82) is 0 Å². The van der Waals surface area contributed by atoms with Crippen molar-refractivity contribution in [2.75, 3.05) is 13.2 Å². The molecule has 0 rings (SSSR count). The van der Waals surface area contributed by atoms with Gasteiger partial charge in [-0.15, -0.1) is 0 Å². The highest BCUT2D eigenvalue weighted by Gasteiger charge is 2.20. The van der Waals surface area contributed by atoms with Crippen LogP contribution >= 0.6 is 0 Å². The summed E-state index contributed by atoms with van der Waals surface area (Å²) >= 11 is 0. The summed E-state index contributed by atoms with van der Waals surface area (Å²) in [6.07, 6.45) is 78.1. The highest BCUT2D eigenvalue weighted by Crippen LogP contribution is 2.19. The monoisotopic (exact) mass is 1040 g/mol. The zero-order valence-electron chi connectivity index (χ0n) is 50.4. The first-order chi connectivity index (χ1) is 36.5. The summed E-state index contributed by atoms with van der Waals surface area (Å²) in [5.41, 5.74) is 0. The second-order valence-corrected chi connectivity index (χ2v) is 23.5. The molecule has 0 radical (unpaired) electrons. The standard InChI is InChI=1S/C68H133NO5/c1-3-5-7-9-11-13-15-17-19-20-21-27-30-33-36-40-44-48-52-56-60-66(71)65(64-70)69-67(72)61-57-53-49-45-41-37-34-31-28-25-23-22-24-26-29-32-35-39-43-47-51-55-59-63-74-68(73)62-58-54-50-46-42-38-18-16-14-12-10-8-6-4-2/h25,28,65-66,70-71H,3-24,26-27,29-64H2,1-2H3,(H,69,72)/b28-25-. The molecule has 0 heterocycles. The normalized spacial score (nSPS) is 12.5. The smallest absolute Gasteiger partial charge is 0.305 e. The SMILES string of the molecule is CCCCCCCCCCCCCCCCCCCCCCC(O)C(CO)NC(=O)CCCCCCCCC/C=C\CCCCCCCCCCCCCCOC(=O)CCCCCCCCCCCCCCCC. The number of hydrogen-bond donors (Lipinski definition) is 3. The van der Waals surface area contributed by atoms with E-state index >= 15 is 0 Å². The summed E-state index contributed by atoms with van der Waals surface area (Å²) in [6.45, 7) is 4.99. The van der Waals surface area contributed by atoms with Gasteiger partial charge in [0.1, 0.15) is 0 Å². The lowest BCUT2D eigenvalue weighted by Crippen LogP contribution is -2.45. The molecule has 6 nitrogen and oxygen atoms in total. The van der Waals surface area contributed by atoms with E-state index in [0.29, 0.717) is 25.9 Å². The highest BCUT2D eigenvalue weighted by molar-refractivity contribution is 5.76. The second kappa shape index (κ2) is 64.1. The van der Waals surface area contributed by atoms with Crippen LogP contribution in [0.1, 0.15) is 386 Å². The van der Waals surface area contributed by atoms with E-state index in [4.69, 9.17) is 4.74 Å². The third kappa shape index (κ3) is 59.8. The summed E-state index contributed by atoms with van der Waals surface area (Å²) in [4.78, 5) is 24.6. The predicted octanol–water partition coefficient (Wildman–Crippen LogP) is 21.6. The molecule has 440 valence electrons. The van der Waals surface area contributed by atoms with Gasteiger partial charge in [0.05, 0.1) is 25.4 Å². The molecule has 0 saturated carbocycles. The van der Waals surface area contributed by atoms with E-state index in [0.717, 1.165) is 38.5 Å². The highest BCUT2D eigenvalue weighted by atomic mass is 16.5. The number of aliphatic hydroxyl groups is 2. The molecule has 0 aromatic carbocycles. The van der Waals surface area contributed by atoms with Crippen LogP contribution in [0.15, 0.2) is 12.2 Å². The molecule has 0 bridgehead atoms. The Morgan fingerprint density at radius 3 is 0.959 bits per heavy atom. The van der Waals surface area contributed by atoms with Gasteiger partial charge in [-0.25, -0.2) is 0 Å². The summed E-state index contributed by atoms with van der Waals surface area (Å²) < 4.78 is 5.49. The lowest BCUT2D eigenvalue weighted by Gasteiger charge is -2.22. The average Bonchev–Trinajstić information content (AvgIpc) is 3.40. The zero-order chi connectivity index (χ0) is 53.6. The lowest BCUT2D eigenvalue weighted by atomic mass is 10.0. The van der Waals surface area contributed by atoms with Crippen LogP contribution in [-0.4, -0.2) is 47.4 Å². The minimum absolute atomic E-state index is 0.0148. The fourth-order valence-corrected chi connectivity index (χ4v) is 10.9. The van der Waals surface area contributed by atoms with Crippen LogP contribution in [0.4, 0.5) is 0 Å². The summed E-state index contributed by atoms with van der Waals surface area (Å²) in [5, 5.41) is 23.4. The van der Waals surface area contributed by atoms with Crippen molar-refractivity contribution in [2.24, 2.45) is 0 Å². The molecule has 2 unspecified atom stereocenters. The van der Waals surface area contributed by atoms with E-state index in [2.05, 4.69) is 31.3 Å². The molecule has 0 spiro atoms. The molecular formula is C68H133NO5. The van der Waals surface area contributed by atoms with Gasteiger partial charge in [0.25, 0.3) is 0 Å². The number of ether oxygens (including phenoxy) is 1. The van der Waals surface area contributed by atoms with Crippen LogP contribution < -0.4 is 5.32 Å². The molecule has 0 aromatic heterocycles. The Kier molecular flexibility index (Phi) is 62.9. The molecule has 3 N–H and O–H groups in total. The molecule has 6 heteroatoms. The van der Waals surface area contributed by atoms with Crippen molar-refractivity contribution in [3.05, 3.63) is 12.2 Å². The van der Waals surface area contributed by atoms with Crippen molar-refractivity contribution >= 4 is 11.9 Å². The number of aliphatic hydroxyl groups excluding tert-OH is 2. The van der Waals surface area contributed by atoms with Crippen LogP contribution in [0, 0.1) is 0 Å². The largest absolute Gasteiger partial charge is 0.466 e. The minimum atomic E-state index is -0.668. The van der Waals surface area contributed by atoms with Crippen LogP contribution in [0.3, 0.4) is 0 Å². The van der Waals surface area contributed by atoms with E-state index in [1.165, 1.54) is 315 Å². The Labute approximate surface area is 463 Å². The number of unbranched alkanes of at least 4 members (excludes halogenated alkanes) is 51. The Bertz CT molecular complexity index is 1110. The molecule has 0 aromatic rings. The summed E-state index contributed by atoms with van der Waals surface area (Å²) in [6, 6.07) is -0.546. The maximum atomic E-state index is 12.5. The third-order valence-corrected chi connectivity index (χ3v) is 16.1. The van der Waals surface area contributed by atoms with Gasteiger partial charge in [0.15, 0.2) is 0 Å². The number of allylic oxidation sites excluding steroid dienone is 2. The van der Waals surface area contributed by atoms with Gasteiger partial charge in [0.2, 0.25) is 5.91 Å². The Morgan fingerprint density at radius 2 is 0.635 bits per heavy atom. The maximum Gasteiger partial charge on any atom is 0.305 e. The Hall–Kier alpha value is -1.40. The van der Waals surface area contributed by atoms with Crippen molar-refractivity contribution in [1.82, 2.24) is 5.32 Å². The summed E-state index contributed by atoms with van der Waals surface area (Å²) in [5.74, 6) is -0.0221. The van der Waals surface area contributed by atoms with Crippen LogP contribution in [-0.2, 0) is 14.3 Å². The van der Waals surface area contributed by atoms with Gasteiger partial charge in [-0.2, -0.15) is 0 Å². The number of esters is 1. The minimum Gasteiger partial charge on any atom is -0.466 e. The molecule has 2 atom stereocenters. The molecule has 1 amide bonds. The van der Waals surface area contributed by atoms with Crippen LogP contribution in [0.2, 0.25) is 0 Å². The number of hydrogen-bond acceptors (Lipinski definition) is 5. The first-order valence-electron chi connectivity index (χ1n) is 33.9. The van der Waals surface area contributed by atoms with Crippen LogP contribution in [0.25, 0.3) is 0 Å². The molecule has 0 saturated heterocycles. The molecular weight excluding hydrogens is 911 g/mol. The molecule has 0 fully saturated rings. The number of nitrogens with one attached hydrogen (secondary N) is 1. The van der Waals surface area contributed by atoms with Gasteiger partial charge >= 0.3 is 5.97 Å². The number of carbonyl (C=O) groups is 2. The van der Waals surface area contributed by atoms with E-state index in [1.54, 1.807) is 0 Å². The first kappa shape index (κ1) is 72.6. The fourth-order valence-electron chi connectivity index (χ4n) is 10.9. The second-order valence-electron chi connectivity index (χ2n) is 23.5. The Balaban J connectivity index is 3.40. The third-order valence-electron chi connectivity index (χ3n) is 16.1. The van der Waals surface area contributed by atoms with E-state index in [-0.39, 0.29) is 18.5 Å². The van der Waals surface area contributed by atoms with E-state index in [1.807, 2.05) is 0 Å². The van der Waals surface area contributed by atoms with Crippen molar-refractivity contribution in [3.8, 4) is 0 Å². The fraction of sp³-hybridized carbons (Fsp3) is 0.941. The Morgan fingerprint density at radius 1 is 0.365 bits per heavy atom. The van der Waals surface area contributed by atoms with Gasteiger partial charge in [-0.05, 0) is 51.4 Å². The number of carbonyl (C=O) groups excluding carboxylic acids is 2. The van der Waals surface area contributed by atoms with Gasteiger partial charge in [-0.3, -0.25) is 9.59 Å². The number of rotatable bonds is 64. The molecule has 74 heavy (non-hydrogen) atoms. The topological polar surface area (TPSA) is 95.9 Å². The maximum absolute atomic E-state index is 12.5. The molecule has 0 aliphatic heterocycles. The average molecular weight is 1040 g/mol. The van der Waals surface area contributed by atoms with Crippen LogP contribution in [0.5, 0.6) is 0 Å². The molecule has 0 aliphatic rings. The lowest BCUT2D eigenvalue weighted by molar-refractivity contribution is -0.143.